The Kier molecular flexibility index (Phi) is 9.70. The minimum Gasteiger partial charge on any atom is -0.491 e. The second-order valence-electron chi connectivity index (χ2n) is 11.4. The summed E-state index contributed by atoms with van der Waals surface area (Å²) in [5.74, 6) is 0.0825. The van der Waals surface area contributed by atoms with E-state index < -0.39 is 11.7 Å². The first-order valence-corrected chi connectivity index (χ1v) is 14.3. The third-order valence-corrected chi connectivity index (χ3v) is 7.27. The number of fused-ring (bicyclic) bond motifs is 2. The molecule has 2 aromatic carbocycles. The molecule has 0 radical (unpaired) electrons. The van der Waals surface area contributed by atoms with Gasteiger partial charge in [0.1, 0.15) is 11.4 Å². The summed E-state index contributed by atoms with van der Waals surface area (Å²) in [7, 11) is 1.73. The fraction of sp³-hybridized carbons (Fsp3) is 0.484. The van der Waals surface area contributed by atoms with E-state index in [4.69, 9.17) is 9.47 Å². The lowest BCUT2D eigenvalue weighted by Crippen LogP contribution is -2.48. The molecule has 0 fully saturated rings. The van der Waals surface area contributed by atoms with Gasteiger partial charge < -0.3 is 19.3 Å². The first kappa shape index (κ1) is 30.8. The number of hydrazine groups is 1. The Hall–Kier alpha value is -4.14. The summed E-state index contributed by atoms with van der Waals surface area (Å²) in [5.41, 5.74) is 3.49. The van der Waals surface area contributed by atoms with E-state index >= 15 is 0 Å². The predicted octanol–water partition coefficient (Wildman–Crippen LogP) is 3.06. The number of carbonyl (C=O) groups excluding carboxylic acids is 3. The molecule has 1 N–H and O–H groups in total. The van der Waals surface area contributed by atoms with Crippen LogP contribution in [-0.4, -0.2) is 84.8 Å². The van der Waals surface area contributed by atoms with Gasteiger partial charge in [0.2, 0.25) is 5.91 Å². The Labute approximate surface area is 247 Å². The Balaban J connectivity index is 1.44. The van der Waals surface area contributed by atoms with Crippen LogP contribution < -0.4 is 15.0 Å². The molecule has 3 amide bonds. The van der Waals surface area contributed by atoms with Gasteiger partial charge in [0.25, 0.3) is 5.91 Å². The number of nitrogens with zero attached hydrogens (tertiary/aromatic N) is 5. The minimum absolute atomic E-state index is 0.0330. The van der Waals surface area contributed by atoms with Crippen molar-refractivity contribution in [1.82, 2.24) is 20.2 Å². The van der Waals surface area contributed by atoms with Crippen LogP contribution in [0, 0.1) is 11.3 Å². The fourth-order valence-corrected chi connectivity index (χ4v) is 5.03. The Morgan fingerprint density at radius 3 is 2.33 bits per heavy atom. The van der Waals surface area contributed by atoms with E-state index in [9.17, 15) is 19.6 Å². The molecule has 0 atom stereocenters. The van der Waals surface area contributed by atoms with Crippen LogP contribution in [0.25, 0.3) is 0 Å². The zero-order chi connectivity index (χ0) is 30.4. The first-order valence-electron chi connectivity index (χ1n) is 14.3. The zero-order valence-electron chi connectivity index (χ0n) is 25.1. The van der Waals surface area contributed by atoms with Gasteiger partial charge in [0.05, 0.1) is 37.0 Å². The third kappa shape index (κ3) is 7.38. The first-order chi connectivity index (χ1) is 20.0. The van der Waals surface area contributed by atoms with Gasteiger partial charge in [-0.2, -0.15) is 5.26 Å². The molecule has 2 heterocycles. The highest BCUT2D eigenvalue weighted by Gasteiger charge is 2.29. The van der Waals surface area contributed by atoms with Gasteiger partial charge in [-0.15, -0.1) is 0 Å². The summed E-state index contributed by atoms with van der Waals surface area (Å²) in [6, 6.07) is 13.7. The summed E-state index contributed by atoms with van der Waals surface area (Å²) < 4.78 is 11.4. The molecule has 0 unspecified atom stereocenters. The van der Waals surface area contributed by atoms with Crippen molar-refractivity contribution in [2.75, 3.05) is 51.3 Å². The fourth-order valence-electron chi connectivity index (χ4n) is 5.03. The molecule has 0 aliphatic carbocycles. The van der Waals surface area contributed by atoms with Crippen molar-refractivity contribution in [3.63, 3.8) is 0 Å². The summed E-state index contributed by atoms with van der Waals surface area (Å²) >= 11 is 0. The van der Waals surface area contributed by atoms with Crippen molar-refractivity contribution in [2.45, 2.75) is 52.8 Å². The quantitative estimate of drug-likeness (QED) is 0.459. The van der Waals surface area contributed by atoms with Crippen molar-refractivity contribution in [1.29, 1.82) is 5.26 Å². The number of anilines is 1. The number of hydrogen-bond donors (Lipinski definition) is 1. The molecule has 42 heavy (non-hydrogen) atoms. The van der Waals surface area contributed by atoms with Gasteiger partial charge in [-0.25, -0.2) is 9.80 Å². The third-order valence-electron chi connectivity index (χ3n) is 7.27. The number of carbonyl (C=O) groups is 3. The Bertz CT molecular complexity index is 1340. The second-order valence-corrected chi connectivity index (χ2v) is 11.4. The summed E-state index contributed by atoms with van der Waals surface area (Å²) in [6.07, 6.45) is 0.165. The molecule has 11 heteroatoms. The number of amides is 3. The zero-order valence-corrected chi connectivity index (χ0v) is 25.1. The number of hydrogen-bond acceptors (Lipinski definition) is 8. The van der Waals surface area contributed by atoms with Crippen LogP contribution in [0.15, 0.2) is 36.4 Å². The Morgan fingerprint density at radius 2 is 1.71 bits per heavy atom. The molecule has 0 spiro atoms. The van der Waals surface area contributed by atoms with E-state index in [1.807, 2.05) is 24.1 Å². The van der Waals surface area contributed by atoms with Crippen molar-refractivity contribution in [2.24, 2.45) is 0 Å². The van der Waals surface area contributed by atoms with E-state index in [-0.39, 0.29) is 38.0 Å². The molecular formula is C31H40N6O5. The number of nitriles is 1. The average Bonchev–Trinajstić information content (AvgIpc) is 3.60. The van der Waals surface area contributed by atoms with Crippen molar-refractivity contribution in [3.8, 4) is 11.8 Å². The Morgan fingerprint density at radius 1 is 1.05 bits per heavy atom. The molecule has 4 rings (SSSR count). The SMILES string of the molecule is CCN(CCN(C(=O)CNCC(=O)N(C)N1Cc2ccccc2C1)c1cc(C#N)cc2c1OCC2)C(=O)OC(C)(C)C. The van der Waals surface area contributed by atoms with E-state index in [2.05, 4.69) is 23.5 Å². The second kappa shape index (κ2) is 13.2. The van der Waals surface area contributed by atoms with Gasteiger partial charge >= 0.3 is 6.09 Å². The average molecular weight is 577 g/mol. The highest BCUT2D eigenvalue weighted by Crippen LogP contribution is 2.37. The largest absolute Gasteiger partial charge is 0.491 e. The molecule has 2 aromatic rings. The van der Waals surface area contributed by atoms with Crippen LogP contribution in [0.3, 0.4) is 0 Å². The smallest absolute Gasteiger partial charge is 0.410 e. The number of rotatable bonds is 10. The maximum Gasteiger partial charge on any atom is 0.410 e. The van der Waals surface area contributed by atoms with Gasteiger partial charge in [-0.1, -0.05) is 24.3 Å². The number of ether oxygens (including phenoxy) is 2. The number of likely N-dealkylation sites (N-methyl/N-ethyl adjacent to an activating group) is 2. The van der Waals surface area contributed by atoms with Crippen LogP contribution in [0.1, 0.15) is 49.9 Å². The van der Waals surface area contributed by atoms with E-state index in [1.165, 1.54) is 20.9 Å². The normalized spacial score (nSPS) is 13.9. The summed E-state index contributed by atoms with van der Waals surface area (Å²) in [4.78, 5) is 42.4. The predicted molar refractivity (Wildman–Crippen MR) is 158 cm³/mol. The summed E-state index contributed by atoms with van der Waals surface area (Å²) in [5, 5.41) is 16.2. The molecule has 0 saturated heterocycles. The molecule has 2 aliphatic rings. The lowest BCUT2D eigenvalue weighted by Gasteiger charge is -2.30. The number of benzene rings is 2. The minimum atomic E-state index is -0.655. The summed E-state index contributed by atoms with van der Waals surface area (Å²) in [6.45, 7) is 9.60. The van der Waals surface area contributed by atoms with Crippen LogP contribution in [0.2, 0.25) is 0 Å². The molecule has 0 saturated carbocycles. The number of nitrogens with one attached hydrogen (secondary N) is 1. The van der Waals surface area contributed by atoms with Gasteiger partial charge in [-0.3, -0.25) is 19.9 Å². The molecule has 224 valence electrons. The molecule has 0 aromatic heterocycles. The monoisotopic (exact) mass is 576 g/mol. The van der Waals surface area contributed by atoms with Crippen LogP contribution in [-0.2, 0) is 33.8 Å². The lowest BCUT2D eigenvalue weighted by molar-refractivity contribution is -0.145. The standard InChI is InChI=1S/C31H40N6O5/c1-6-35(30(40)42-31(2,3)4)12-13-37(26-16-22(17-32)15-23-11-14-41-29(23)26)28(39)19-33-18-27(38)34(5)36-20-24-9-7-8-10-25(24)21-36/h7-10,15-16,33H,6,11-14,18-21H2,1-5H3. The van der Waals surface area contributed by atoms with Crippen molar-refractivity contribution < 1.29 is 23.9 Å². The molecule has 0 bridgehead atoms. The van der Waals surface area contributed by atoms with Gasteiger partial charge in [0, 0.05) is 51.8 Å². The maximum atomic E-state index is 13.7. The lowest BCUT2D eigenvalue weighted by atomic mass is 10.1. The van der Waals surface area contributed by atoms with E-state index in [0.717, 1.165) is 5.56 Å². The molecule has 11 nitrogen and oxygen atoms in total. The van der Waals surface area contributed by atoms with E-state index in [0.29, 0.717) is 49.7 Å². The van der Waals surface area contributed by atoms with Gasteiger partial charge in [-0.05, 0) is 51.0 Å². The van der Waals surface area contributed by atoms with Gasteiger partial charge in [0.15, 0.2) is 0 Å². The highest BCUT2D eigenvalue weighted by atomic mass is 16.6. The van der Waals surface area contributed by atoms with Crippen LogP contribution in [0.4, 0.5) is 10.5 Å². The van der Waals surface area contributed by atoms with E-state index in [1.54, 1.807) is 45.0 Å². The molecular weight excluding hydrogens is 536 g/mol. The van der Waals surface area contributed by atoms with Crippen LogP contribution >= 0.6 is 0 Å². The molecule has 2 aliphatic heterocycles. The van der Waals surface area contributed by atoms with Crippen LogP contribution in [0.5, 0.6) is 5.75 Å². The van der Waals surface area contributed by atoms with Crippen molar-refractivity contribution >= 4 is 23.6 Å². The van der Waals surface area contributed by atoms with Crippen molar-refractivity contribution in [3.05, 3.63) is 58.7 Å². The topological polar surface area (TPSA) is 118 Å². The maximum absolute atomic E-state index is 13.7. The highest BCUT2D eigenvalue weighted by molar-refractivity contribution is 5.97.